The Morgan fingerprint density at radius 2 is 1.95 bits per heavy atom. The lowest BCUT2D eigenvalue weighted by Gasteiger charge is -2.07. The molecule has 0 radical (unpaired) electrons. The van der Waals surface area contributed by atoms with Gasteiger partial charge in [-0.25, -0.2) is 0 Å². The Balaban J connectivity index is 2.17. The standard InChI is InChI=1S/C21H25N/c1-21(2,3)14-7-5-6-9-17-12-13-18-10-8-11-19(16-22-4)20(18)15-17/h5-6,8,10-13,15,22H,9,16H2,1-4H3. The zero-order chi connectivity index (χ0) is 16.0. The van der Waals surface area contributed by atoms with Crippen LogP contribution in [0.2, 0.25) is 0 Å². The van der Waals surface area contributed by atoms with E-state index in [9.17, 15) is 0 Å². The van der Waals surface area contributed by atoms with E-state index in [-0.39, 0.29) is 5.41 Å². The Morgan fingerprint density at radius 3 is 2.68 bits per heavy atom. The third kappa shape index (κ3) is 4.76. The van der Waals surface area contributed by atoms with Crippen molar-refractivity contribution in [2.75, 3.05) is 7.05 Å². The summed E-state index contributed by atoms with van der Waals surface area (Å²) in [6, 6.07) is 13.2. The van der Waals surface area contributed by atoms with Crippen LogP contribution in [0.15, 0.2) is 48.6 Å². The third-order valence-electron chi connectivity index (χ3n) is 3.41. The van der Waals surface area contributed by atoms with Crippen LogP contribution in [0.3, 0.4) is 0 Å². The molecule has 0 fully saturated rings. The number of benzene rings is 2. The molecule has 0 spiro atoms. The molecule has 0 aliphatic rings. The third-order valence-corrected chi connectivity index (χ3v) is 3.41. The minimum Gasteiger partial charge on any atom is -0.316 e. The van der Waals surface area contributed by atoms with Crippen LogP contribution in [0.4, 0.5) is 0 Å². The van der Waals surface area contributed by atoms with Crippen LogP contribution in [0, 0.1) is 17.3 Å². The van der Waals surface area contributed by atoms with Gasteiger partial charge < -0.3 is 5.32 Å². The lowest BCUT2D eigenvalue weighted by Crippen LogP contribution is -2.05. The Hall–Kier alpha value is -2.04. The van der Waals surface area contributed by atoms with Gasteiger partial charge in [-0.1, -0.05) is 54.3 Å². The van der Waals surface area contributed by atoms with E-state index in [1.165, 1.54) is 21.9 Å². The van der Waals surface area contributed by atoms with Gasteiger partial charge in [0, 0.05) is 12.0 Å². The van der Waals surface area contributed by atoms with Gasteiger partial charge in [-0.05, 0) is 62.2 Å². The average Bonchev–Trinajstić information content (AvgIpc) is 2.46. The van der Waals surface area contributed by atoms with E-state index in [4.69, 9.17) is 0 Å². The van der Waals surface area contributed by atoms with Crippen molar-refractivity contribution in [3.63, 3.8) is 0 Å². The number of hydrogen-bond acceptors (Lipinski definition) is 1. The van der Waals surface area contributed by atoms with Crippen molar-refractivity contribution in [1.29, 1.82) is 0 Å². The molecular weight excluding hydrogens is 266 g/mol. The molecule has 0 bridgehead atoms. The molecule has 1 heteroatoms. The largest absolute Gasteiger partial charge is 0.316 e. The monoisotopic (exact) mass is 291 g/mol. The summed E-state index contributed by atoms with van der Waals surface area (Å²) in [5, 5.41) is 5.87. The van der Waals surface area contributed by atoms with Crippen molar-refractivity contribution in [3.8, 4) is 11.8 Å². The quantitative estimate of drug-likeness (QED) is 0.805. The van der Waals surface area contributed by atoms with Crippen molar-refractivity contribution < 1.29 is 0 Å². The van der Waals surface area contributed by atoms with Crippen molar-refractivity contribution in [2.45, 2.75) is 33.7 Å². The highest BCUT2D eigenvalue weighted by molar-refractivity contribution is 5.86. The van der Waals surface area contributed by atoms with Crippen LogP contribution in [0.1, 0.15) is 31.9 Å². The molecule has 0 heterocycles. The van der Waals surface area contributed by atoms with Gasteiger partial charge in [-0.2, -0.15) is 0 Å². The van der Waals surface area contributed by atoms with E-state index in [2.05, 4.69) is 80.4 Å². The van der Waals surface area contributed by atoms with Gasteiger partial charge in [-0.3, -0.25) is 0 Å². The topological polar surface area (TPSA) is 12.0 Å². The fourth-order valence-corrected chi connectivity index (χ4v) is 2.37. The molecule has 0 saturated heterocycles. The molecule has 0 aliphatic carbocycles. The maximum absolute atomic E-state index is 3.24. The molecule has 0 saturated carbocycles. The molecule has 0 amide bonds. The second-order valence-corrected chi connectivity index (χ2v) is 6.63. The van der Waals surface area contributed by atoms with Crippen LogP contribution < -0.4 is 5.32 Å². The van der Waals surface area contributed by atoms with Crippen LogP contribution in [0.25, 0.3) is 10.8 Å². The number of hydrogen-bond donors (Lipinski definition) is 1. The number of fused-ring (bicyclic) bond motifs is 1. The van der Waals surface area contributed by atoms with Crippen LogP contribution in [-0.2, 0) is 13.0 Å². The highest BCUT2D eigenvalue weighted by atomic mass is 14.8. The number of allylic oxidation sites excluding steroid dienone is 2. The second-order valence-electron chi connectivity index (χ2n) is 6.63. The van der Waals surface area contributed by atoms with Crippen LogP contribution in [-0.4, -0.2) is 7.05 Å². The molecule has 22 heavy (non-hydrogen) atoms. The second kappa shape index (κ2) is 7.29. The van der Waals surface area contributed by atoms with Crippen LogP contribution >= 0.6 is 0 Å². The van der Waals surface area contributed by atoms with E-state index in [0.717, 1.165) is 13.0 Å². The van der Waals surface area contributed by atoms with Gasteiger partial charge in [0.15, 0.2) is 0 Å². The summed E-state index contributed by atoms with van der Waals surface area (Å²) in [7, 11) is 1.99. The van der Waals surface area contributed by atoms with E-state index < -0.39 is 0 Å². The summed E-state index contributed by atoms with van der Waals surface area (Å²) in [4.78, 5) is 0. The van der Waals surface area contributed by atoms with Gasteiger partial charge in [0.25, 0.3) is 0 Å². The molecule has 0 atom stereocenters. The summed E-state index contributed by atoms with van der Waals surface area (Å²) in [6.07, 6.45) is 5.03. The van der Waals surface area contributed by atoms with Crippen molar-refractivity contribution in [1.82, 2.24) is 5.32 Å². The molecule has 0 unspecified atom stereocenters. The Kier molecular flexibility index (Phi) is 5.41. The first-order chi connectivity index (χ1) is 10.5. The summed E-state index contributed by atoms with van der Waals surface area (Å²) in [5.41, 5.74) is 2.73. The summed E-state index contributed by atoms with van der Waals surface area (Å²) in [6.45, 7) is 7.27. The molecule has 2 aromatic carbocycles. The maximum atomic E-state index is 3.24. The lowest BCUT2D eigenvalue weighted by atomic mass is 9.98. The fourth-order valence-electron chi connectivity index (χ4n) is 2.37. The minimum absolute atomic E-state index is 0.0648. The predicted octanol–water partition coefficient (Wildman–Crippen LogP) is 4.71. The smallest absolute Gasteiger partial charge is 0.0233 e. The molecular formula is C21H25N. The molecule has 114 valence electrons. The molecule has 1 N–H and O–H groups in total. The summed E-state index contributed by atoms with van der Waals surface area (Å²) >= 11 is 0. The van der Waals surface area contributed by atoms with E-state index in [1.54, 1.807) is 0 Å². The number of nitrogens with one attached hydrogen (secondary N) is 1. The van der Waals surface area contributed by atoms with E-state index in [1.807, 2.05) is 13.1 Å². The summed E-state index contributed by atoms with van der Waals surface area (Å²) in [5.74, 6) is 6.34. The van der Waals surface area contributed by atoms with Crippen molar-refractivity contribution >= 4 is 10.8 Å². The van der Waals surface area contributed by atoms with Crippen LogP contribution in [0.5, 0.6) is 0 Å². The first kappa shape index (κ1) is 16.3. The Labute approximate surface area is 134 Å². The first-order valence-corrected chi connectivity index (χ1v) is 7.82. The van der Waals surface area contributed by atoms with Gasteiger partial charge in [0.1, 0.15) is 0 Å². The van der Waals surface area contributed by atoms with Gasteiger partial charge in [0.2, 0.25) is 0 Å². The van der Waals surface area contributed by atoms with Gasteiger partial charge in [-0.15, -0.1) is 0 Å². The lowest BCUT2D eigenvalue weighted by molar-refractivity contribution is 0.571. The molecule has 0 aliphatic heterocycles. The van der Waals surface area contributed by atoms with Crippen molar-refractivity contribution in [3.05, 3.63) is 59.7 Å². The average molecular weight is 291 g/mol. The Bertz CT molecular complexity index is 721. The van der Waals surface area contributed by atoms with Gasteiger partial charge in [0.05, 0.1) is 0 Å². The SMILES string of the molecule is CNCc1cccc2ccc(CC=CC#CC(C)(C)C)cc12. The maximum Gasteiger partial charge on any atom is 0.0233 e. The first-order valence-electron chi connectivity index (χ1n) is 7.82. The minimum atomic E-state index is 0.0648. The highest BCUT2D eigenvalue weighted by Gasteiger charge is 2.02. The molecule has 2 rings (SSSR count). The summed E-state index contributed by atoms with van der Waals surface area (Å²) < 4.78 is 0. The molecule has 0 aromatic heterocycles. The fraction of sp³-hybridized carbons (Fsp3) is 0.333. The predicted molar refractivity (Wildman–Crippen MR) is 96.8 cm³/mol. The van der Waals surface area contributed by atoms with Crippen molar-refractivity contribution in [2.24, 2.45) is 5.41 Å². The Morgan fingerprint density at radius 1 is 1.14 bits per heavy atom. The van der Waals surface area contributed by atoms with Gasteiger partial charge >= 0.3 is 0 Å². The molecule has 2 aromatic rings. The zero-order valence-corrected chi connectivity index (χ0v) is 14.0. The van der Waals surface area contributed by atoms with E-state index >= 15 is 0 Å². The normalized spacial score (nSPS) is 11.6. The highest BCUT2D eigenvalue weighted by Crippen LogP contribution is 2.21. The zero-order valence-electron chi connectivity index (χ0n) is 14.0. The molecule has 1 nitrogen and oxygen atoms in total. The number of rotatable bonds is 4. The van der Waals surface area contributed by atoms with E-state index in [0.29, 0.717) is 0 Å².